The molecule has 14 heavy (non-hydrogen) atoms. The second-order valence-electron chi connectivity index (χ2n) is 5.02. The normalized spacial score (nSPS) is 33.4. The van der Waals surface area contributed by atoms with Crippen molar-refractivity contribution in [3.8, 4) is 0 Å². The lowest BCUT2D eigenvalue weighted by molar-refractivity contribution is 0.0299. The molecule has 3 heteroatoms. The molecule has 2 aliphatic rings. The maximum Gasteiger partial charge on any atom is 0.0816 e. The van der Waals surface area contributed by atoms with Crippen molar-refractivity contribution in [2.45, 2.75) is 44.8 Å². The topological polar surface area (TPSA) is 35.2 Å². The average Bonchev–Trinajstić information content (AvgIpc) is 2.17. The number of hydrogen-bond acceptors (Lipinski definition) is 3. The number of hydrogen-bond donors (Lipinski definition) is 1. The van der Waals surface area contributed by atoms with E-state index in [0.717, 1.165) is 24.5 Å². The van der Waals surface area contributed by atoms with Crippen molar-refractivity contribution in [2.24, 2.45) is 11.1 Å². The van der Waals surface area contributed by atoms with Crippen LogP contribution in [-0.4, -0.2) is 30.3 Å². The molecule has 0 aromatic rings. The molecule has 0 spiro atoms. The predicted molar refractivity (Wildman–Crippen MR) is 61.6 cm³/mol. The highest BCUT2D eigenvalue weighted by atomic mass is 32.2. The van der Waals surface area contributed by atoms with E-state index >= 15 is 0 Å². The van der Waals surface area contributed by atoms with Gasteiger partial charge in [-0.15, -0.1) is 0 Å². The SMILES string of the molecule is CC1(CC(N)C2CSCCO2)CCC1. The van der Waals surface area contributed by atoms with E-state index in [4.69, 9.17) is 10.5 Å². The molecule has 0 aromatic carbocycles. The summed E-state index contributed by atoms with van der Waals surface area (Å²) >= 11 is 1.98. The summed E-state index contributed by atoms with van der Waals surface area (Å²) in [5.41, 5.74) is 6.74. The van der Waals surface area contributed by atoms with Crippen LogP contribution in [0.5, 0.6) is 0 Å². The van der Waals surface area contributed by atoms with Crippen LogP contribution in [0.15, 0.2) is 0 Å². The molecular formula is C11H21NOS. The summed E-state index contributed by atoms with van der Waals surface area (Å²) in [6.07, 6.45) is 5.58. The van der Waals surface area contributed by atoms with E-state index in [9.17, 15) is 0 Å². The van der Waals surface area contributed by atoms with Gasteiger partial charge in [0.15, 0.2) is 0 Å². The van der Waals surface area contributed by atoms with Gasteiger partial charge in [-0.05, 0) is 24.7 Å². The fraction of sp³-hybridized carbons (Fsp3) is 1.00. The lowest BCUT2D eigenvalue weighted by atomic mass is 9.66. The molecule has 2 rings (SSSR count). The summed E-state index contributed by atoms with van der Waals surface area (Å²) in [5.74, 6) is 2.23. The minimum atomic E-state index is 0.257. The summed E-state index contributed by atoms with van der Waals surface area (Å²) < 4.78 is 5.71. The first-order valence-electron chi connectivity index (χ1n) is 5.65. The molecule has 0 radical (unpaired) electrons. The molecule has 2 unspecified atom stereocenters. The zero-order valence-electron chi connectivity index (χ0n) is 9.00. The second kappa shape index (κ2) is 4.42. The third-order valence-corrected chi connectivity index (χ3v) is 4.63. The van der Waals surface area contributed by atoms with Crippen molar-refractivity contribution in [1.29, 1.82) is 0 Å². The summed E-state index contributed by atoms with van der Waals surface area (Å²) in [6, 6.07) is 0.257. The minimum absolute atomic E-state index is 0.257. The standard InChI is InChI=1S/C11H21NOS/c1-11(3-2-4-11)7-9(12)10-8-14-6-5-13-10/h9-10H,2-8,12H2,1H3. The molecule has 2 atom stereocenters. The number of thioether (sulfide) groups is 1. The molecule has 1 saturated carbocycles. The Bertz CT molecular complexity index is 188. The van der Waals surface area contributed by atoms with Gasteiger partial charge in [0.1, 0.15) is 0 Å². The van der Waals surface area contributed by atoms with Gasteiger partial charge < -0.3 is 10.5 Å². The van der Waals surface area contributed by atoms with E-state index in [1.807, 2.05) is 11.8 Å². The van der Waals surface area contributed by atoms with E-state index in [1.54, 1.807) is 0 Å². The Morgan fingerprint density at radius 1 is 1.57 bits per heavy atom. The third kappa shape index (κ3) is 2.44. The van der Waals surface area contributed by atoms with Crippen LogP contribution in [0.2, 0.25) is 0 Å². The van der Waals surface area contributed by atoms with Gasteiger partial charge >= 0.3 is 0 Å². The van der Waals surface area contributed by atoms with Crippen molar-refractivity contribution < 1.29 is 4.74 Å². The van der Waals surface area contributed by atoms with Gasteiger partial charge in [0.2, 0.25) is 0 Å². The summed E-state index contributed by atoms with van der Waals surface area (Å²) in [6.45, 7) is 3.26. The summed E-state index contributed by atoms with van der Waals surface area (Å²) in [5, 5.41) is 0. The van der Waals surface area contributed by atoms with E-state index in [1.165, 1.54) is 19.3 Å². The van der Waals surface area contributed by atoms with E-state index in [0.29, 0.717) is 11.5 Å². The van der Waals surface area contributed by atoms with Crippen LogP contribution in [0.4, 0.5) is 0 Å². The van der Waals surface area contributed by atoms with E-state index in [2.05, 4.69) is 6.92 Å². The molecule has 2 N–H and O–H groups in total. The van der Waals surface area contributed by atoms with Crippen LogP contribution in [0.25, 0.3) is 0 Å². The number of nitrogens with two attached hydrogens (primary N) is 1. The van der Waals surface area contributed by atoms with Crippen LogP contribution >= 0.6 is 11.8 Å². The highest BCUT2D eigenvalue weighted by Gasteiger charge is 2.35. The van der Waals surface area contributed by atoms with Gasteiger partial charge in [-0.25, -0.2) is 0 Å². The van der Waals surface area contributed by atoms with Crippen LogP contribution < -0.4 is 5.73 Å². The molecule has 1 saturated heterocycles. The van der Waals surface area contributed by atoms with E-state index in [-0.39, 0.29) is 6.04 Å². The Balaban J connectivity index is 1.78. The zero-order valence-corrected chi connectivity index (χ0v) is 9.81. The first-order chi connectivity index (χ1) is 6.70. The van der Waals surface area contributed by atoms with E-state index < -0.39 is 0 Å². The molecule has 1 heterocycles. The molecule has 1 aliphatic heterocycles. The molecule has 1 aliphatic carbocycles. The number of rotatable bonds is 3. The zero-order chi connectivity index (χ0) is 10.0. The maximum atomic E-state index is 6.21. The first-order valence-corrected chi connectivity index (χ1v) is 6.80. The monoisotopic (exact) mass is 215 g/mol. The Labute approximate surface area is 91.0 Å². The predicted octanol–water partition coefficient (Wildman–Crippen LogP) is 2.03. The third-order valence-electron chi connectivity index (χ3n) is 3.61. The van der Waals surface area contributed by atoms with Crippen LogP contribution in [0, 0.1) is 5.41 Å². The molecular weight excluding hydrogens is 194 g/mol. The Hall–Kier alpha value is 0.270. The second-order valence-corrected chi connectivity index (χ2v) is 6.17. The maximum absolute atomic E-state index is 6.21. The van der Waals surface area contributed by atoms with Crippen LogP contribution in [0.1, 0.15) is 32.6 Å². The Morgan fingerprint density at radius 3 is 2.86 bits per heavy atom. The van der Waals surface area contributed by atoms with Gasteiger partial charge in [0.25, 0.3) is 0 Å². The first kappa shape index (κ1) is 10.8. The average molecular weight is 215 g/mol. The Morgan fingerprint density at radius 2 is 2.36 bits per heavy atom. The largest absolute Gasteiger partial charge is 0.375 e. The van der Waals surface area contributed by atoms with Crippen molar-refractivity contribution in [3.63, 3.8) is 0 Å². The summed E-state index contributed by atoms with van der Waals surface area (Å²) in [4.78, 5) is 0. The molecule has 2 fully saturated rings. The van der Waals surface area contributed by atoms with Crippen LogP contribution in [0.3, 0.4) is 0 Å². The fourth-order valence-electron chi connectivity index (χ4n) is 2.44. The molecule has 2 nitrogen and oxygen atoms in total. The van der Waals surface area contributed by atoms with Gasteiger partial charge in [-0.2, -0.15) is 11.8 Å². The molecule has 0 aromatic heterocycles. The van der Waals surface area contributed by atoms with Crippen molar-refractivity contribution >= 4 is 11.8 Å². The van der Waals surface area contributed by atoms with Gasteiger partial charge in [0.05, 0.1) is 12.7 Å². The highest BCUT2D eigenvalue weighted by molar-refractivity contribution is 7.99. The van der Waals surface area contributed by atoms with Gasteiger partial charge in [0, 0.05) is 17.5 Å². The summed E-state index contributed by atoms with van der Waals surface area (Å²) in [7, 11) is 0. The quantitative estimate of drug-likeness (QED) is 0.782. The van der Waals surface area contributed by atoms with Crippen molar-refractivity contribution in [3.05, 3.63) is 0 Å². The van der Waals surface area contributed by atoms with Gasteiger partial charge in [-0.1, -0.05) is 13.3 Å². The molecule has 0 amide bonds. The van der Waals surface area contributed by atoms with Crippen LogP contribution in [-0.2, 0) is 4.74 Å². The number of ether oxygens (including phenoxy) is 1. The lowest BCUT2D eigenvalue weighted by Crippen LogP contribution is -2.45. The van der Waals surface area contributed by atoms with Crippen molar-refractivity contribution in [2.75, 3.05) is 18.1 Å². The highest BCUT2D eigenvalue weighted by Crippen LogP contribution is 2.44. The van der Waals surface area contributed by atoms with Crippen molar-refractivity contribution in [1.82, 2.24) is 0 Å². The Kier molecular flexibility index (Phi) is 3.40. The minimum Gasteiger partial charge on any atom is -0.375 e. The molecule has 82 valence electrons. The molecule has 0 bridgehead atoms. The lowest BCUT2D eigenvalue weighted by Gasteiger charge is -2.42. The smallest absolute Gasteiger partial charge is 0.0816 e. The fourth-order valence-corrected chi connectivity index (χ4v) is 3.39. The van der Waals surface area contributed by atoms with Gasteiger partial charge in [-0.3, -0.25) is 0 Å².